The van der Waals surface area contributed by atoms with Crippen molar-refractivity contribution in [2.24, 2.45) is 0 Å². The summed E-state index contributed by atoms with van der Waals surface area (Å²) in [5, 5.41) is 1.23. The Morgan fingerprint density at radius 2 is 2.07 bits per heavy atom. The molecule has 0 saturated carbocycles. The third-order valence-electron chi connectivity index (χ3n) is 2.52. The molecule has 2 aromatic rings. The maximum Gasteiger partial charge on any atom is 0.0705 e. The molecule has 1 heterocycles. The molecule has 1 nitrogen and oxygen atoms in total. The van der Waals surface area contributed by atoms with E-state index in [1.54, 1.807) is 0 Å². The van der Waals surface area contributed by atoms with Gasteiger partial charge in [-0.15, -0.1) is 0 Å². The smallest absolute Gasteiger partial charge is 0.0705 e. The quantitative estimate of drug-likeness (QED) is 0.777. The van der Waals surface area contributed by atoms with Crippen molar-refractivity contribution in [1.29, 1.82) is 0 Å². The van der Waals surface area contributed by atoms with Crippen LogP contribution in [0.5, 0.6) is 0 Å². The highest BCUT2D eigenvalue weighted by Gasteiger charge is 1.97. The van der Waals surface area contributed by atoms with E-state index in [0.29, 0.717) is 0 Å². The molecular formula is C13H15NS. The topological polar surface area (TPSA) is 12.9 Å². The van der Waals surface area contributed by atoms with Gasteiger partial charge in [-0.25, -0.2) is 0 Å². The number of nitrogens with zero attached hydrogens (tertiary/aromatic N) is 1. The molecule has 0 N–H and O–H groups in total. The number of thiol groups is 1. The van der Waals surface area contributed by atoms with Gasteiger partial charge in [0.15, 0.2) is 0 Å². The van der Waals surface area contributed by atoms with Crippen LogP contribution in [0.4, 0.5) is 0 Å². The van der Waals surface area contributed by atoms with Gasteiger partial charge >= 0.3 is 0 Å². The zero-order valence-electron chi connectivity index (χ0n) is 8.90. The molecule has 0 bridgehead atoms. The molecule has 0 fully saturated rings. The molecule has 0 saturated heterocycles. The lowest BCUT2D eigenvalue weighted by Gasteiger charge is -2.03. The Morgan fingerprint density at radius 1 is 1.20 bits per heavy atom. The summed E-state index contributed by atoms with van der Waals surface area (Å²) in [7, 11) is 0. The molecular weight excluding hydrogens is 202 g/mol. The molecule has 0 aliphatic heterocycles. The van der Waals surface area contributed by atoms with Gasteiger partial charge in [0.2, 0.25) is 0 Å². The van der Waals surface area contributed by atoms with Gasteiger partial charge in [0.05, 0.1) is 5.52 Å². The summed E-state index contributed by atoms with van der Waals surface area (Å²) < 4.78 is 0. The lowest BCUT2D eigenvalue weighted by atomic mass is 10.1. The van der Waals surface area contributed by atoms with Crippen LogP contribution in [-0.2, 0) is 6.42 Å². The van der Waals surface area contributed by atoms with Gasteiger partial charge in [0, 0.05) is 11.1 Å². The molecule has 0 aliphatic carbocycles. The standard InChI is InChI=1S/C13H15NS/c1-10-4-6-12-9-11(3-2-8-15)5-7-13(12)14-10/h4-7,9,15H,2-3,8H2,1H3. The Morgan fingerprint density at radius 3 is 2.87 bits per heavy atom. The van der Waals surface area contributed by atoms with Crippen LogP contribution in [0.3, 0.4) is 0 Å². The maximum absolute atomic E-state index is 4.48. The third-order valence-corrected chi connectivity index (χ3v) is 2.83. The number of hydrogen-bond donors (Lipinski definition) is 1. The monoisotopic (exact) mass is 217 g/mol. The number of aryl methyl sites for hydroxylation is 2. The minimum atomic E-state index is 0.949. The molecule has 2 rings (SSSR count). The second kappa shape index (κ2) is 4.67. The highest BCUT2D eigenvalue weighted by Crippen LogP contribution is 2.15. The van der Waals surface area contributed by atoms with Gasteiger partial charge in [0.25, 0.3) is 0 Å². The Labute approximate surface area is 95.9 Å². The van der Waals surface area contributed by atoms with Crippen LogP contribution in [0.1, 0.15) is 17.7 Å². The predicted molar refractivity (Wildman–Crippen MR) is 68.7 cm³/mol. The molecule has 0 radical (unpaired) electrons. The number of fused-ring (bicyclic) bond motifs is 1. The highest BCUT2D eigenvalue weighted by molar-refractivity contribution is 7.80. The van der Waals surface area contributed by atoms with Crippen molar-refractivity contribution in [2.45, 2.75) is 19.8 Å². The highest BCUT2D eigenvalue weighted by atomic mass is 32.1. The fourth-order valence-electron chi connectivity index (χ4n) is 1.72. The van der Waals surface area contributed by atoms with Crippen molar-refractivity contribution in [2.75, 3.05) is 5.75 Å². The number of rotatable bonds is 3. The molecule has 0 unspecified atom stereocenters. The van der Waals surface area contributed by atoms with Gasteiger partial charge in [-0.1, -0.05) is 12.1 Å². The lowest BCUT2D eigenvalue weighted by Crippen LogP contribution is -1.88. The average molecular weight is 217 g/mol. The Hall–Kier alpha value is -1.02. The Kier molecular flexibility index (Phi) is 3.27. The number of aromatic nitrogens is 1. The average Bonchev–Trinajstić information content (AvgIpc) is 2.26. The summed E-state index contributed by atoms with van der Waals surface area (Å²) in [5.74, 6) is 0.949. The lowest BCUT2D eigenvalue weighted by molar-refractivity contribution is 0.938. The van der Waals surface area contributed by atoms with Crippen molar-refractivity contribution >= 4 is 23.5 Å². The second-order valence-corrected chi connectivity index (χ2v) is 4.25. The zero-order chi connectivity index (χ0) is 10.7. The van der Waals surface area contributed by atoms with E-state index in [2.05, 4.69) is 47.9 Å². The van der Waals surface area contributed by atoms with Crippen molar-refractivity contribution in [3.63, 3.8) is 0 Å². The second-order valence-electron chi connectivity index (χ2n) is 3.81. The zero-order valence-corrected chi connectivity index (χ0v) is 9.80. The molecule has 0 aliphatic rings. The van der Waals surface area contributed by atoms with E-state index >= 15 is 0 Å². The van der Waals surface area contributed by atoms with E-state index in [9.17, 15) is 0 Å². The van der Waals surface area contributed by atoms with Crippen molar-refractivity contribution in [3.05, 3.63) is 41.6 Å². The predicted octanol–water partition coefficient (Wildman–Crippen LogP) is 3.41. The van der Waals surface area contributed by atoms with E-state index in [0.717, 1.165) is 29.8 Å². The first-order valence-corrected chi connectivity index (χ1v) is 5.90. The Bertz CT molecular complexity index is 465. The first kappa shape index (κ1) is 10.5. The van der Waals surface area contributed by atoms with Crippen LogP contribution in [0.2, 0.25) is 0 Å². The molecule has 0 atom stereocenters. The van der Waals surface area contributed by atoms with Gasteiger partial charge in [-0.2, -0.15) is 12.6 Å². The fourth-order valence-corrected chi connectivity index (χ4v) is 1.87. The molecule has 78 valence electrons. The van der Waals surface area contributed by atoms with E-state index in [1.165, 1.54) is 10.9 Å². The minimum Gasteiger partial charge on any atom is -0.253 e. The summed E-state index contributed by atoms with van der Waals surface area (Å²) in [6, 6.07) is 10.7. The molecule has 2 heteroatoms. The van der Waals surface area contributed by atoms with Gasteiger partial charge in [-0.05, 0) is 49.3 Å². The summed E-state index contributed by atoms with van der Waals surface area (Å²) >= 11 is 4.23. The largest absolute Gasteiger partial charge is 0.253 e. The maximum atomic E-state index is 4.48. The molecule has 15 heavy (non-hydrogen) atoms. The van der Waals surface area contributed by atoms with Crippen LogP contribution in [0.15, 0.2) is 30.3 Å². The van der Waals surface area contributed by atoms with Crippen LogP contribution in [0.25, 0.3) is 10.9 Å². The number of pyridine rings is 1. The van der Waals surface area contributed by atoms with E-state index in [1.807, 2.05) is 6.92 Å². The van der Waals surface area contributed by atoms with Gasteiger partial charge in [-0.3, -0.25) is 4.98 Å². The van der Waals surface area contributed by atoms with Crippen LogP contribution < -0.4 is 0 Å². The minimum absolute atomic E-state index is 0.949. The summed E-state index contributed by atoms with van der Waals surface area (Å²) in [6.07, 6.45) is 2.24. The molecule has 0 spiro atoms. The molecule has 1 aromatic heterocycles. The van der Waals surface area contributed by atoms with Crippen molar-refractivity contribution < 1.29 is 0 Å². The van der Waals surface area contributed by atoms with E-state index in [4.69, 9.17) is 0 Å². The summed E-state index contributed by atoms with van der Waals surface area (Å²) in [6.45, 7) is 2.02. The van der Waals surface area contributed by atoms with Gasteiger partial charge < -0.3 is 0 Å². The van der Waals surface area contributed by atoms with E-state index in [-0.39, 0.29) is 0 Å². The van der Waals surface area contributed by atoms with E-state index < -0.39 is 0 Å². The fraction of sp³-hybridized carbons (Fsp3) is 0.308. The summed E-state index contributed by atoms with van der Waals surface area (Å²) in [4.78, 5) is 4.48. The summed E-state index contributed by atoms with van der Waals surface area (Å²) in [5.41, 5.74) is 3.54. The Balaban J connectivity index is 2.34. The first-order chi connectivity index (χ1) is 7.29. The SMILES string of the molecule is Cc1ccc2cc(CCCS)ccc2n1. The molecule has 1 aromatic carbocycles. The first-order valence-electron chi connectivity index (χ1n) is 5.27. The van der Waals surface area contributed by atoms with Crippen LogP contribution in [-0.4, -0.2) is 10.7 Å². The van der Waals surface area contributed by atoms with Gasteiger partial charge in [0.1, 0.15) is 0 Å². The van der Waals surface area contributed by atoms with Crippen LogP contribution in [0, 0.1) is 6.92 Å². The number of benzene rings is 1. The van der Waals surface area contributed by atoms with Crippen molar-refractivity contribution in [3.8, 4) is 0 Å². The third kappa shape index (κ3) is 2.51. The number of hydrogen-bond acceptors (Lipinski definition) is 2. The normalized spacial score (nSPS) is 10.8. The van der Waals surface area contributed by atoms with Crippen molar-refractivity contribution in [1.82, 2.24) is 4.98 Å². The van der Waals surface area contributed by atoms with Crippen LogP contribution >= 0.6 is 12.6 Å². The molecule has 0 amide bonds.